The molecule has 0 radical (unpaired) electrons. The van der Waals surface area contributed by atoms with Gasteiger partial charge in [-0.2, -0.15) is 5.10 Å². The van der Waals surface area contributed by atoms with Gasteiger partial charge in [0.1, 0.15) is 6.61 Å². The van der Waals surface area contributed by atoms with Gasteiger partial charge in [-0.05, 0) is 28.8 Å². The fourth-order valence-electron chi connectivity index (χ4n) is 5.16. The van der Waals surface area contributed by atoms with Crippen molar-refractivity contribution in [1.82, 2.24) is 15.3 Å². The minimum absolute atomic E-state index is 0.0223. The molecule has 0 bridgehead atoms. The molecule has 1 aromatic heterocycles. The van der Waals surface area contributed by atoms with E-state index in [1.54, 1.807) is 30.5 Å². The number of benzene rings is 4. The molecule has 2 heterocycles. The molecule has 180 valence electrons. The quantitative estimate of drug-likeness (QED) is 0.243. The molecular weight excluding hydrogens is 462 g/mol. The zero-order valence-corrected chi connectivity index (χ0v) is 19.9. The Hall–Kier alpha value is -4.81. The number of imide groups is 1. The van der Waals surface area contributed by atoms with Gasteiger partial charge in [0.2, 0.25) is 0 Å². The summed E-state index contributed by atoms with van der Waals surface area (Å²) < 4.78 is 0. The van der Waals surface area contributed by atoms with Crippen LogP contribution in [0.3, 0.4) is 0 Å². The van der Waals surface area contributed by atoms with E-state index in [1.165, 1.54) is 0 Å². The fraction of sp³-hybridized carbons (Fsp3) is 0.0645. The van der Waals surface area contributed by atoms with Crippen molar-refractivity contribution < 1.29 is 14.4 Å². The number of carbonyl (C=O) groups excluding carboxylic acids is 2. The van der Waals surface area contributed by atoms with Gasteiger partial charge in [0.15, 0.2) is 0 Å². The Bertz CT molecular complexity index is 1430. The smallest absolute Gasteiger partial charge is 0.281 e. The topological polar surface area (TPSA) is 75.3 Å². The lowest BCUT2D eigenvalue weighted by molar-refractivity contribution is -0.101. The molecule has 37 heavy (non-hydrogen) atoms. The number of nitrogens with zero attached hydrogens (tertiary/aromatic N) is 2. The van der Waals surface area contributed by atoms with Crippen molar-refractivity contribution in [2.75, 3.05) is 0 Å². The molecule has 6 nitrogen and oxygen atoms in total. The van der Waals surface area contributed by atoms with Crippen LogP contribution in [0.1, 0.15) is 48.7 Å². The molecule has 6 rings (SSSR count). The Balaban J connectivity index is 1.47. The lowest BCUT2D eigenvalue weighted by Gasteiger charge is -2.36. The van der Waals surface area contributed by atoms with Gasteiger partial charge in [-0.3, -0.25) is 19.5 Å². The zero-order valence-electron chi connectivity index (χ0n) is 19.9. The lowest BCUT2D eigenvalue weighted by atomic mass is 9.66. The average molecular weight is 486 g/mol. The molecule has 0 unspecified atom stereocenters. The first-order valence-corrected chi connectivity index (χ1v) is 12.0. The van der Waals surface area contributed by atoms with Gasteiger partial charge >= 0.3 is 0 Å². The van der Waals surface area contributed by atoms with Crippen LogP contribution in [0.25, 0.3) is 0 Å². The van der Waals surface area contributed by atoms with Gasteiger partial charge in [0, 0.05) is 5.56 Å². The van der Waals surface area contributed by atoms with Crippen LogP contribution >= 0.6 is 0 Å². The predicted molar refractivity (Wildman–Crippen MR) is 139 cm³/mol. The normalized spacial score (nSPS) is 13.1. The summed E-state index contributed by atoms with van der Waals surface area (Å²) in [6, 6.07) is 37.3. The summed E-state index contributed by atoms with van der Waals surface area (Å²) in [5.74, 6) is -0.933. The van der Waals surface area contributed by atoms with E-state index in [2.05, 4.69) is 46.6 Å². The third-order valence-electron chi connectivity index (χ3n) is 6.82. The van der Waals surface area contributed by atoms with E-state index in [0.717, 1.165) is 33.0 Å². The molecule has 1 aliphatic rings. The van der Waals surface area contributed by atoms with Gasteiger partial charge in [-0.1, -0.05) is 103 Å². The van der Waals surface area contributed by atoms with E-state index < -0.39 is 17.2 Å². The largest absolute Gasteiger partial charge is 0.285 e. The number of rotatable bonds is 7. The molecule has 0 spiro atoms. The van der Waals surface area contributed by atoms with Gasteiger partial charge in [0.25, 0.3) is 11.8 Å². The third kappa shape index (κ3) is 3.66. The number of carbonyl (C=O) groups is 2. The number of hydrogen-bond acceptors (Lipinski definition) is 4. The Labute approximate surface area is 214 Å². The third-order valence-corrected chi connectivity index (χ3v) is 6.82. The second kappa shape index (κ2) is 9.33. The minimum atomic E-state index is -0.749. The summed E-state index contributed by atoms with van der Waals surface area (Å²) >= 11 is 0. The van der Waals surface area contributed by atoms with E-state index in [1.807, 2.05) is 54.6 Å². The van der Waals surface area contributed by atoms with Crippen molar-refractivity contribution in [1.29, 1.82) is 0 Å². The molecule has 0 saturated heterocycles. The molecule has 4 aromatic carbocycles. The molecule has 0 aliphatic carbocycles. The number of nitrogens with one attached hydrogen (secondary N) is 1. The van der Waals surface area contributed by atoms with Crippen LogP contribution in [0.5, 0.6) is 0 Å². The van der Waals surface area contributed by atoms with E-state index in [0.29, 0.717) is 11.1 Å². The molecule has 6 heteroatoms. The highest BCUT2D eigenvalue weighted by molar-refractivity contribution is 6.20. The van der Waals surface area contributed by atoms with Gasteiger partial charge < -0.3 is 0 Å². The van der Waals surface area contributed by atoms with Gasteiger partial charge in [-0.15, -0.1) is 5.06 Å². The number of fused-ring (bicyclic) bond motifs is 1. The zero-order chi connectivity index (χ0) is 25.2. The Kier molecular flexibility index (Phi) is 5.71. The molecular formula is C31H23N3O3. The molecule has 0 saturated carbocycles. The standard InChI is InChI=1S/C31H23N3O3/c35-29-26-18-10-11-19-27(26)30(36)34(29)37-21-22-20-32-33-28(22)31(23-12-4-1-5-13-23,24-14-6-2-7-15-24)25-16-8-3-9-17-25/h1-20H,21H2,(H,32,33). The van der Waals surface area contributed by atoms with E-state index >= 15 is 0 Å². The van der Waals surface area contributed by atoms with Crippen LogP contribution in [-0.4, -0.2) is 27.1 Å². The fourth-order valence-corrected chi connectivity index (χ4v) is 5.16. The monoisotopic (exact) mass is 485 g/mol. The first-order valence-electron chi connectivity index (χ1n) is 12.0. The summed E-state index contributed by atoms with van der Waals surface area (Å²) in [6.07, 6.45) is 1.69. The van der Waals surface area contributed by atoms with Crippen molar-refractivity contribution in [2.24, 2.45) is 0 Å². The van der Waals surface area contributed by atoms with Crippen LogP contribution in [0, 0.1) is 0 Å². The number of hydroxylamine groups is 2. The summed E-state index contributed by atoms with van der Waals surface area (Å²) in [5, 5.41) is 8.48. The Morgan fingerprint density at radius 1 is 0.649 bits per heavy atom. The maximum atomic E-state index is 12.9. The highest BCUT2D eigenvalue weighted by Crippen LogP contribution is 2.45. The molecule has 1 N–H and O–H groups in total. The van der Waals surface area contributed by atoms with Crippen molar-refractivity contribution in [2.45, 2.75) is 12.0 Å². The first-order chi connectivity index (χ1) is 18.2. The second-order valence-corrected chi connectivity index (χ2v) is 8.84. The van der Waals surface area contributed by atoms with Crippen LogP contribution < -0.4 is 0 Å². The van der Waals surface area contributed by atoms with Crippen molar-refractivity contribution >= 4 is 11.8 Å². The van der Waals surface area contributed by atoms with Crippen LogP contribution in [0.2, 0.25) is 0 Å². The first kappa shape index (κ1) is 22.6. The van der Waals surface area contributed by atoms with Crippen LogP contribution in [0.4, 0.5) is 0 Å². The van der Waals surface area contributed by atoms with E-state index in [9.17, 15) is 9.59 Å². The highest BCUT2D eigenvalue weighted by atomic mass is 16.7. The minimum Gasteiger partial charge on any atom is -0.281 e. The molecule has 1 aliphatic heterocycles. The van der Waals surface area contributed by atoms with E-state index in [-0.39, 0.29) is 6.61 Å². The molecule has 0 fully saturated rings. The highest BCUT2D eigenvalue weighted by Gasteiger charge is 2.42. The number of hydrogen-bond donors (Lipinski definition) is 1. The summed E-state index contributed by atoms with van der Waals surface area (Å²) in [5.41, 5.74) is 4.58. The van der Waals surface area contributed by atoms with Gasteiger partial charge in [-0.25, -0.2) is 0 Å². The Morgan fingerprint density at radius 3 is 1.54 bits per heavy atom. The predicted octanol–water partition coefficient (Wildman–Crippen LogP) is 5.52. The van der Waals surface area contributed by atoms with Crippen LogP contribution in [-0.2, 0) is 16.9 Å². The Morgan fingerprint density at radius 2 is 1.08 bits per heavy atom. The number of aromatic amines is 1. The maximum absolute atomic E-state index is 12.9. The molecule has 5 aromatic rings. The van der Waals surface area contributed by atoms with Crippen molar-refractivity contribution in [3.05, 3.63) is 161 Å². The molecule has 0 atom stereocenters. The van der Waals surface area contributed by atoms with E-state index in [4.69, 9.17) is 4.84 Å². The lowest BCUT2D eigenvalue weighted by Crippen LogP contribution is -2.34. The average Bonchev–Trinajstić information content (AvgIpc) is 3.52. The summed E-state index contributed by atoms with van der Waals surface area (Å²) in [7, 11) is 0. The van der Waals surface area contributed by atoms with Gasteiger partial charge in [0.05, 0.1) is 28.4 Å². The number of H-pyrrole nitrogens is 1. The number of amides is 2. The summed E-state index contributed by atoms with van der Waals surface area (Å²) in [6.45, 7) is -0.0223. The maximum Gasteiger partial charge on any atom is 0.285 e. The molecule has 2 amide bonds. The SMILES string of the molecule is O=C1c2ccccc2C(=O)N1OCc1cn[nH]c1C(c1ccccc1)(c1ccccc1)c1ccccc1. The summed E-state index contributed by atoms with van der Waals surface area (Å²) in [4.78, 5) is 31.6. The number of aromatic nitrogens is 2. The van der Waals surface area contributed by atoms with Crippen molar-refractivity contribution in [3.63, 3.8) is 0 Å². The second-order valence-electron chi connectivity index (χ2n) is 8.84. The van der Waals surface area contributed by atoms with Crippen LogP contribution in [0.15, 0.2) is 121 Å². The van der Waals surface area contributed by atoms with Crippen molar-refractivity contribution in [3.8, 4) is 0 Å².